The summed E-state index contributed by atoms with van der Waals surface area (Å²) in [5, 5.41) is 2.46. The smallest absolute Gasteiger partial charge is 0.254 e. The van der Waals surface area contributed by atoms with Gasteiger partial charge in [-0.3, -0.25) is 0 Å². The minimum atomic E-state index is -0.224. The molecule has 2 aliphatic carbocycles. The Labute approximate surface area is 385 Å². The van der Waals surface area contributed by atoms with Crippen LogP contribution in [0.3, 0.4) is 0 Å². The van der Waals surface area contributed by atoms with Crippen LogP contribution in [0.4, 0.5) is 37.8 Å². The van der Waals surface area contributed by atoms with Gasteiger partial charge in [0.05, 0.1) is 10.7 Å². The second-order valence-electron chi connectivity index (χ2n) is 23.4. The van der Waals surface area contributed by atoms with Gasteiger partial charge >= 0.3 is 0 Å². The summed E-state index contributed by atoms with van der Waals surface area (Å²) < 4.78 is 18.5. The van der Waals surface area contributed by atoms with Gasteiger partial charge in [-0.05, 0) is 163 Å². The molecule has 2 nitrogen and oxygen atoms in total. The Morgan fingerprint density at radius 2 is 1.17 bits per heavy atom. The lowest BCUT2D eigenvalue weighted by Crippen LogP contribution is -2.61. The van der Waals surface area contributed by atoms with Crippen LogP contribution in [0.25, 0.3) is 21.2 Å². The van der Waals surface area contributed by atoms with E-state index in [1.165, 1.54) is 70.5 Å². The van der Waals surface area contributed by atoms with E-state index in [2.05, 4.69) is 190 Å². The van der Waals surface area contributed by atoms with Crippen molar-refractivity contribution in [2.24, 2.45) is 0 Å². The summed E-state index contributed by atoms with van der Waals surface area (Å²) in [7, 11) is 0. The maximum atomic E-state index is 17.3. The average Bonchev–Trinajstić information content (AvgIpc) is 3.61. The van der Waals surface area contributed by atoms with Crippen LogP contribution in [0.1, 0.15) is 135 Å². The molecular weight excluding hydrogens is 799 g/mol. The molecule has 0 unspecified atom stereocenters. The third-order valence-corrected chi connectivity index (χ3v) is 17.2. The van der Waals surface area contributed by atoms with Crippen molar-refractivity contribution in [3.05, 3.63) is 148 Å². The quantitative estimate of drug-likeness (QED) is 0.163. The highest BCUT2D eigenvalue weighted by molar-refractivity contribution is 7.26. The number of hydrogen-bond donors (Lipinski definition) is 0. The van der Waals surface area contributed by atoms with Gasteiger partial charge in [0.15, 0.2) is 0 Å². The lowest BCUT2D eigenvalue weighted by Gasteiger charge is -2.47. The predicted molar refractivity (Wildman–Crippen MR) is 275 cm³/mol. The van der Waals surface area contributed by atoms with E-state index in [-0.39, 0.29) is 39.6 Å². The molecule has 0 bridgehead atoms. The van der Waals surface area contributed by atoms with Crippen LogP contribution in [0.15, 0.2) is 109 Å². The topological polar surface area (TPSA) is 6.48 Å². The lowest BCUT2D eigenvalue weighted by atomic mass is 9.33. The Morgan fingerprint density at radius 1 is 0.562 bits per heavy atom. The highest BCUT2D eigenvalue weighted by Crippen LogP contribution is 2.54. The molecule has 6 aromatic carbocycles. The van der Waals surface area contributed by atoms with Gasteiger partial charge in [-0.15, -0.1) is 11.3 Å². The number of halogens is 1. The maximum Gasteiger partial charge on any atom is 0.254 e. The molecule has 64 heavy (non-hydrogen) atoms. The van der Waals surface area contributed by atoms with Crippen LogP contribution < -0.4 is 26.2 Å². The molecule has 1 aromatic heterocycles. The van der Waals surface area contributed by atoms with Crippen LogP contribution in [0.2, 0.25) is 0 Å². The monoisotopic (exact) mass is 860 g/mol. The van der Waals surface area contributed by atoms with Crippen LogP contribution in [0.5, 0.6) is 0 Å². The molecule has 0 atom stereocenters. The Kier molecular flexibility index (Phi) is 8.90. The average molecular weight is 861 g/mol. The molecule has 0 fully saturated rings. The van der Waals surface area contributed by atoms with Crippen LogP contribution >= 0.6 is 11.3 Å². The van der Waals surface area contributed by atoms with E-state index in [0.717, 1.165) is 59.6 Å². The zero-order valence-electron chi connectivity index (χ0n) is 40.0. The van der Waals surface area contributed by atoms with Crippen LogP contribution in [-0.4, -0.2) is 6.71 Å². The van der Waals surface area contributed by atoms with Gasteiger partial charge in [0.2, 0.25) is 0 Å². The largest absolute Gasteiger partial charge is 0.311 e. The second-order valence-corrected chi connectivity index (χ2v) is 24.4. The van der Waals surface area contributed by atoms with E-state index in [0.29, 0.717) is 0 Å². The molecule has 0 radical (unpaired) electrons. The number of rotatable bonds is 3. The highest BCUT2D eigenvalue weighted by atomic mass is 32.1. The minimum Gasteiger partial charge on any atom is -0.311 e. The number of aryl methyl sites for hydroxylation is 1. The first-order valence-electron chi connectivity index (χ1n) is 23.7. The van der Waals surface area contributed by atoms with E-state index in [1.54, 1.807) is 0 Å². The van der Waals surface area contributed by atoms with Crippen molar-refractivity contribution >= 4 is 78.0 Å². The molecular formula is C59H62BFN2S. The standard InChI is InChI=1S/C59H62BFN2S/c1-35-18-23-51-41(28-35)52-54(64-51)63(47-22-19-37(55(2,3)4)29-40(47)36-16-14-13-15-17-36)50-31-38(61)30-49-53(50)60(52)46-33-44-45(59(11,12)27-26-58(44,9)10)34-48(46)62(49)39-20-21-42-43(32-39)57(7,8)25-24-56(42,5)6/h13-23,28-34H,24-27H2,1-12H3. The third-order valence-electron chi connectivity index (χ3n) is 16.1. The van der Waals surface area contributed by atoms with Crippen molar-refractivity contribution in [2.45, 2.75) is 136 Å². The van der Waals surface area contributed by atoms with Gasteiger partial charge in [-0.25, -0.2) is 4.39 Å². The first-order chi connectivity index (χ1) is 30.1. The summed E-state index contributed by atoms with van der Waals surface area (Å²) in [5.41, 5.74) is 19.6. The Hall–Kier alpha value is -5.13. The molecule has 0 N–H and O–H groups in total. The van der Waals surface area contributed by atoms with Crippen LogP contribution in [-0.2, 0) is 27.1 Å². The number of fused-ring (bicyclic) bond motifs is 8. The number of nitrogens with zero attached hydrogens (tertiary/aromatic N) is 2. The third kappa shape index (κ3) is 6.15. The Bertz CT molecular complexity index is 3090. The van der Waals surface area contributed by atoms with Crippen molar-refractivity contribution < 1.29 is 4.39 Å². The molecule has 0 spiro atoms. The zero-order chi connectivity index (χ0) is 45.0. The van der Waals surface area contributed by atoms with Crippen molar-refractivity contribution in [1.82, 2.24) is 0 Å². The Morgan fingerprint density at radius 3 is 1.83 bits per heavy atom. The molecule has 2 aliphatic heterocycles. The maximum absolute atomic E-state index is 17.3. The summed E-state index contributed by atoms with van der Waals surface area (Å²) in [5.74, 6) is -0.224. The van der Waals surface area contributed by atoms with Crippen LogP contribution in [0, 0.1) is 12.7 Å². The summed E-state index contributed by atoms with van der Waals surface area (Å²) in [6.07, 6.45) is 4.54. The number of benzene rings is 6. The first kappa shape index (κ1) is 41.6. The van der Waals surface area contributed by atoms with E-state index < -0.39 is 0 Å². The lowest BCUT2D eigenvalue weighted by molar-refractivity contribution is 0.332. The van der Waals surface area contributed by atoms with E-state index in [9.17, 15) is 0 Å². The fourth-order valence-corrected chi connectivity index (χ4v) is 13.2. The summed E-state index contributed by atoms with van der Waals surface area (Å²) in [4.78, 5) is 4.91. The molecule has 0 saturated heterocycles. The molecule has 11 rings (SSSR count). The molecule has 0 saturated carbocycles. The fraction of sp³-hybridized carbons (Fsp3) is 0.356. The van der Waals surface area contributed by atoms with Gasteiger partial charge < -0.3 is 9.80 Å². The van der Waals surface area contributed by atoms with E-state index in [4.69, 9.17) is 0 Å². The summed E-state index contributed by atoms with van der Waals surface area (Å²) in [6, 6.07) is 40.8. The molecule has 5 heteroatoms. The van der Waals surface area contributed by atoms with Gasteiger partial charge in [-0.1, -0.05) is 142 Å². The number of hydrogen-bond acceptors (Lipinski definition) is 3. The molecule has 324 valence electrons. The van der Waals surface area contributed by atoms with E-state index in [1.807, 2.05) is 23.5 Å². The molecule has 4 aliphatic rings. The zero-order valence-corrected chi connectivity index (χ0v) is 40.8. The van der Waals surface area contributed by atoms with Crippen molar-refractivity contribution in [1.29, 1.82) is 0 Å². The minimum absolute atomic E-state index is 0.00539. The first-order valence-corrected chi connectivity index (χ1v) is 24.5. The molecule has 0 amide bonds. The van der Waals surface area contributed by atoms with Gasteiger partial charge in [0.1, 0.15) is 5.82 Å². The van der Waals surface area contributed by atoms with Crippen molar-refractivity contribution in [3.63, 3.8) is 0 Å². The predicted octanol–water partition coefficient (Wildman–Crippen LogP) is 15.1. The normalized spacial score (nSPS) is 18.5. The van der Waals surface area contributed by atoms with Gasteiger partial charge in [0, 0.05) is 33.0 Å². The summed E-state index contributed by atoms with van der Waals surface area (Å²) in [6.45, 7) is 28.3. The molecule has 3 heterocycles. The Balaban J connectivity index is 1.28. The second kappa shape index (κ2) is 13.7. The van der Waals surface area contributed by atoms with Gasteiger partial charge in [-0.2, -0.15) is 0 Å². The molecule has 7 aromatic rings. The highest BCUT2D eigenvalue weighted by Gasteiger charge is 2.49. The SMILES string of the molecule is Cc1ccc2sc3c(c2c1)B1c2cc4c(cc2N(c2ccc5c(c2)C(C)(C)CCC5(C)C)c2cc(F)cc(c21)N3c1ccc(C(C)(C)C)cc1-c1ccccc1)C(C)(C)CCC4(C)C. The fourth-order valence-electron chi connectivity index (χ4n) is 11.9. The van der Waals surface area contributed by atoms with Crippen molar-refractivity contribution in [2.75, 3.05) is 9.80 Å². The summed E-state index contributed by atoms with van der Waals surface area (Å²) >= 11 is 1.85. The van der Waals surface area contributed by atoms with E-state index >= 15 is 4.39 Å². The van der Waals surface area contributed by atoms with Gasteiger partial charge in [0.25, 0.3) is 6.71 Å². The van der Waals surface area contributed by atoms with Crippen molar-refractivity contribution in [3.8, 4) is 11.1 Å². The number of thiophene rings is 1. The number of anilines is 6.